The van der Waals surface area contributed by atoms with E-state index in [1.807, 2.05) is 43.3 Å². The number of alkyl halides is 1. The van der Waals surface area contributed by atoms with Crippen molar-refractivity contribution in [3.05, 3.63) is 29.8 Å². The largest absolute Gasteiger partial charge is 0.378 e. The molecule has 0 bridgehead atoms. The lowest BCUT2D eigenvalue weighted by Crippen LogP contribution is -2.41. The molecule has 1 aliphatic rings. The summed E-state index contributed by atoms with van der Waals surface area (Å²) < 4.78 is 0. The SMILES string of the molecule is CN(C)c1ccc(C(=O)C2(Cl)CCCC(C)(C)C2)cc1. The van der Waals surface area contributed by atoms with Gasteiger partial charge in [-0.2, -0.15) is 0 Å². The molecule has 2 nitrogen and oxygen atoms in total. The minimum absolute atomic E-state index is 0.0808. The first kappa shape index (κ1) is 15.4. The summed E-state index contributed by atoms with van der Waals surface area (Å²) in [5, 5.41) is 0. The van der Waals surface area contributed by atoms with Gasteiger partial charge in [0.05, 0.1) is 0 Å². The second kappa shape index (κ2) is 5.40. The van der Waals surface area contributed by atoms with Crippen LogP contribution < -0.4 is 4.90 Å². The van der Waals surface area contributed by atoms with Crippen LogP contribution in [-0.4, -0.2) is 24.8 Å². The Kier molecular flexibility index (Phi) is 4.15. The average molecular weight is 294 g/mol. The highest BCUT2D eigenvalue weighted by Crippen LogP contribution is 2.46. The molecule has 20 heavy (non-hydrogen) atoms. The molecule has 0 aliphatic heterocycles. The van der Waals surface area contributed by atoms with Crippen LogP contribution in [0.2, 0.25) is 0 Å². The van der Waals surface area contributed by atoms with Crippen LogP contribution in [-0.2, 0) is 0 Å². The van der Waals surface area contributed by atoms with Gasteiger partial charge in [0.15, 0.2) is 5.78 Å². The summed E-state index contributed by atoms with van der Waals surface area (Å²) in [4.78, 5) is 14.0. The van der Waals surface area contributed by atoms with E-state index in [2.05, 4.69) is 13.8 Å². The van der Waals surface area contributed by atoms with E-state index in [9.17, 15) is 4.79 Å². The maximum atomic E-state index is 12.7. The summed E-state index contributed by atoms with van der Waals surface area (Å²) in [5.74, 6) is 0.0808. The molecule has 0 heterocycles. The molecule has 0 N–H and O–H groups in total. The van der Waals surface area contributed by atoms with E-state index in [0.717, 1.165) is 36.9 Å². The quantitative estimate of drug-likeness (QED) is 0.603. The molecule has 2 rings (SSSR count). The Morgan fingerprint density at radius 3 is 2.25 bits per heavy atom. The molecule has 1 unspecified atom stereocenters. The molecular formula is C17H24ClNO. The zero-order valence-corrected chi connectivity index (χ0v) is 13.6. The van der Waals surface area contributed by atoms with Gasteiger partial charge in [0, 0.05) is 25.3 Å². The Morgan fingerprint density at radius 1 is 1.15 bits per heavy atom. The third kappa shape index (κ3) is 3.17. The lowest BCUT2D eigenvalue weighted by Gasteiger charge is -2.40. The maximum Gasteiger partial charge on any atom is 0.183 e. The smallest absolute Gasteiger partial charge is 0.183 e. The van der Waals surface area contributed by atoms with Gasteiger partial charge in [-0.15, -0.1) is 11.6 Å². The molecule has 1 aliphatic carbocycles. The highest BCUT2D eigenvalue weighted by molar-refractivity contribution is 6.38. The topological polar surface area (TPSA) is 20.3 Å². The van der Waals surface area contributed by atoms with Crippen molar-refractivity contribution < 1.29 is 4.79 Å². The van der Waals surface area contributed by atoms with E-state index >= 15 is 0 Å². The van der Waals surface area contributed by atoms with Gasteiger partial charge in [0.1, 0.15) is 4.87 Å². The van der Waals surface area contributed by atoms with Gasteiger partial charge in [0.2, 0.25) is 0 Å². The summed E-state index contributed by atoms with van der Waals surface area (Å²) >= 11 is 6.69. The van der Waals surface area contributed by atoms with Crippen molar-refractivity contribution in [2.75, 3.05) is 19.0 Å². The van der Waals surface area contributed by atoms with Crippen molar-refractivity contribution in [2.24, 2.45) is 5.41 Å². The van der Waals surface area contributed by atoms with E-state index in [-0.39, 0.29) is 11.2 Å². The molecular weight excluding hydrogens is 270 g/mol. The normalized spacial score (nSPS) is 25.2. The molecule has 1 fully saturated rings. The zero-order valence-electron chi connectivity index (χ0n) is 12.9. The number of hydrogen-bond acceptors (Lipinski definition) is 2. The van der Waals surface area contributed by atoms with Crippen molar-refractivity contribution in [1.82, 2.24) is 0 Å². The molecule has 1 atom stereocenters. The Bertz CT molecular complexity index is 492. The highest BCUT2D eigenvalue weighted by Gasteiger charge is 2.44. The van der Waals surface area contributed by atoms with Crippen LogP contribution in [0.5, 0.6) is 0 Å². The second-order valence-corrected chi connectivity index (χ2v) is 7.65. The number of carbonyl (C=O) groups excluding carboxylic acids is 1. The molecule has 0 spiro atoms. The van der Waals surface area contributed by atoms with Gasteiger partial charge < -0.3 is 4.90 Å². The van der Waals surface area contributed by atoms with Crippen molar-refractivity contribution in [3.8, 4) is 0 Å². The van der Waals surface area contributed by atoms with Gasteiger partial charge in [-0.3, -0.25) is 4.79 Å². The minimum atomic E-state index is -0.721. The minimum Gasteiger partial charge on any atom is -0.378 e. The van der Waals surface area contributed by atoms with Gasteiger partial charge in [-0.1, -0.05) is 20.3 Å². The van der Waals surface area contributed by atoms with Crippen LogP contribution >= 0.6 is 11.6 Å². The Balaban J connectivity index is 2.22. The van der Waals surface area contributed by atoms with Crippen LogP contribution in [0.3, 0.4) is 0 Å². The van der Waals surface area contributed by atoms with E-state index < -0.39 is 4.87 Å². The number of ketones is 1. The van der Waals surface area contributed by atoms with Gasteiger partial charge in [-0.25, -0.2) is 0 Å². The molecule has 0 radical (unpaired) electrons. The maximum absolute atomic E-state index is 12.7. The summed E-state index contributed by atoms with van der Waals surface area (Å²) in [6, 6.07) is 7.73. The fourth-order valence-electron chi connectivity index (χ4n) is 3.15. The first-order valence-electron chi connectivity index (χ1n) is 7.25. The third-order valence-electron chi connectivity index (χ3n) is 4.24. The van der Waals surface area contributed by atoms with Crippen LogP contribution in [0, 0.1) is 5.41 Å². The molecule has 0 amide bonds. The lowest BCUT2D eigenvalue weighted by molar-refractivity contribution is 0.0849. The fraction of sp³-hybridized carbons (Fsp3) is 0.588. The number of carbonyl (C=O) groups is 1. The number of nitrogens with zero attached hydrogens (tertiary/aromatic N) is 1. The van der Waals surface area contributed by atoms with E-state index in [1.165, 1.54) is 0 Å². The van der Waals surface area contributed by atoms with Gasteiger partial charge >= 0.3 is 0 Å². The summed E-state index contributed by atoms with van der Waals surface area (Å²) in [5.41, 5.74) is 1.97. The average Bonchev–Trinajstić information content (AvgIpc) is 2.36. The van der Waals surface area contributed by atoms with Crippen LogP contribution in [0.25, 0.3) is 0 Å². The van der Waals surface area contributed by atoms with E-state index in [1.54, 1.807) is 0 Å². The number of halogens is 1. The molecule has 3 heteroatoms. The van der Waals surface area contributed by atoms with Crippen molar-refractivity contribution in [2.45, 2.75) is 44.4 Å². The summed E-state index contributed by atoms with van der Waals surface area (Å²) in [6.45, 7) is 4.40. The number of benzene rings is 1. The van der Waals surface area contributed by atoms with Crippen molar-refractivity contribution >= 4 is 23.1 Å². The van der Waals surface area contributed by atoms with Crippen molar-refractivity contribution in [1.29, 1.82) is 0 Å². The zero-order chi connectivity index (χ0) is 15.0. The third-order valence-corrected chi connectivity index (χ3v) is 4.73. The van der Waals surface area contributed by atoms with Crippen molar-refractivity contribution in [3.63, 3.8) is 0 Å². The summed E-state index contributed by atoms with van der Waals surface area (Å²) in [6.07, 6.45) is 3.72. The first-order chi connectivity index (χ1) is 9.23. The summed E-state index contributed by atoms with van der Waals surface area (Å²) in [7, 11) is 3.98. The first-order valence-corrected chi connectivity index (χ1v) is 7.62. The van der Waals surface area contributed by atoms with Crippen LogP contribution in [0.1, 0.15) is 49.9 Å². The molecule has 110 valence electrons. The molecule has 0 aromatic heterocycles. The predicted molar refractivity (Wildman–Crippen MR) is 85.9 cm³/mol. The number of hydrogen-bond donors (Lipinski definition) is 0. The highest BCUT2D eigenvalue weighted by atomic mass is 35.5. The van der Waals surface area contributed by atoms with Gasteiger partial charge in [-0.05, 0) is 48.9 Å². The number of Topliss-reactive ketones (excluding diaryl/α,β-unsaturated/α-hetero) is 1. The second-order valence-electron chi connectivity index (χ2n) is 6.93. The van der Waals surface area contributed by atoms with Crippen LogP contribution in [0.15, 0.2) is 24.3 Å². The standard InChI is InChI=1S/C17H24ClNO/c1-16(2)10-5-11-17(18,12-16)15(20)13-6-8-14(9-7-13)19(3)4/h6-9H,5,10-12H2,1-4H3. The Labute approximate surface area is 127 Å². The molecule has 1 aromatic carbocycles. The monoisotopic (exact) mass is 293 g/mol. The molecule has 1 saturated carbocycles. The Hall–Kier alpha value is -1.02. The van der Waals surface area contributed by atoms with E-state index in [0.29, 0.717) is 0 Å². The van der Waals surface area contributed by atoms with E-state index in [4.69, 9.17) is 11.6 Å². The Morgan fingerprint density at radius 2 is 1.75 bits per heavy atom. The molecule has 1 aromatic rings. The lowest BCUT2D eigenvalue weighted by atomic mass is 9.69. The number of rotatable bonds is 3. The van der Waals surface area contributed by atoms with Gasteiger partial charge in [0.25, 0.3) is 0 Å². The predicted octanol–water partition coefficient (Wildman–Crippen LogP) is 4.51. The fourth-order valence-corrected chi connectivity index (χ4v) is 3.75. The van der Waals surface area contributed by atoms with Crippen LogP contribution in [0.4, 0.5) is 5.69 Å². The molecule has 0 saturated heterocycles. The number of anilines is 1.